The second-order valence-corrected chi connectivity index (χ2v) is 6.21. The number of amides is 1. The van der Waals surface area contributed by atoms with Crippen LogP contribution in [0.1, 0.15) is 35.4 Å². The molecule has 5 heteroatoms. The first-order chi connectivity index (χ1) is 9.69. The molecule has 0 aliphatic heterocycles. The number of carbonyl (C=O) groups is 1. The van der Waals surface area contributed by atoms with E-state index in [4.69, 9.17) is 10.5 Å². The molecular formula is C15H18N2O2S. The Balaban J connectivity index is 1.90. The number of rotatable bonds is 3. The van der Waals surface area contributed by atoms with Crippen LogP contribution in [0.15, 0.2) is 18.2 Å². The quantitative estimate of drug-likeness (QED) is 0.912. The Labute approximate surface area is 121 Å². The number of hydrogen-bond donors (Lipinski definition) is 2. The zero-order valence-electron chi connectivity index (χ0n) is 11.4. The van der Waals surface area contributed by atoms with E-state index in [1.165, 1.54) is 24.2 Å². The van der Waals surface area contributed by atoms with Gasteiger partial charge in [-0.25, -0.2) is 0 Å². The number of anilines is 1. The van der Waals surface area contributed by atoms with Crippen LogP contribution in [0.4, 0.5) is 5.69 Å². The average Bonchev–Trinajstić information content (AvgIpc) is 3.06. The number of nitrogens with one attached hydrogen (secondary N) is 1. The van der Waals surface area contributed by atoms with Gasteiger partial charge in [0.1, 0.15) is 10.6 Å². The van der Waals surface area contributed by atoms with Crippen LogP contribution in [0.3, 0.4) is 0 Å². The van der Waals surface area contributed by atoms with Crippen LogP contribution in [0.2, 0.25) is 0 Å². The normalized spacial score (nSPS) is 15.7. The molecule has 1 aliphatic carbocycles. The number of thiophene rings is 1. The Morgan fingerprint density at radius 1 is 1.40 bits per heavy atom. The molecule has 1 heterocycles. The van der Waals surface area contributed by atoms with Gasteiger partial charge in [-0.3, -0.25) is 4.79 Å². The van der Waals surface area contributed by atoms with Crippen molar-refractivity contribution in [3.05, 3.63) is 23.1 Å². The van der Waals surface area contributed by atoms with Crippen LogP contribution in [-0.4, -0.2) is 19.1 Å². The number of fused-ring (bicyclic) bond motifs is 1. The molecule has 4 nitrogen and oxygen atoms in total. The van der Waals surface area contributed by atoms with Crippen LogP contribution in [-0.2, 0) is 0 Å². The number of benzene rings is 1. The second-order valence-electron chi connectivity index (χ2n) is 5.16. The zero-order chi connectivity index (χ0) is 14.1. The summed E-state index contributed by atoms with van der Waals surface area (Å²) in [4.78, 5) is 12.9. The highest BCUT2D eigenvalue weighted by molar-refractivity contribution is 7.21. The summed E-state index contributed by atoms with van der Waals surface area (Å²) in [5.41, 5.74) is 6.69. The van der Waals surface area contributed by atoms with Crippen molar-refractivity contribution in [3.63, 3.8) is 0 Å². The molecule has 1 amide bonds. The maximum Gasteiger partial charge on any atom is 0.263 e. The van der Waals surface area contributed by atoms with Gasteiger partial charge in [-0.1, -0.05) is 12.8 Å². The van der Waals surface area contributed by atoms with Gasteiger partial charge in [0.05, 0.1) is 12.8 Å². The highest BCUT2D eigenvalue weighted by atomic mass is 32.1. The van der Waals surface area contributed by atoms with Crippen LogP contribution >= 0.6 is 11.3 Å². The minimum atomic E-state index is -0.0467. The van der Waals surface area contributed by atoms with E-state index in [0.29, 0.717) is 16.6 Å². The molecule has 106 valence electrons. The molecule has 0 atom stereocenters. The molecule has 0 spiro atoms. The van der Waals surface area contributed by atoms with Crippen molar-refractivity contribution in [2.45, 2.75) is 31.7 Å². The van der Waals surface area contributed by atoms with Gasteiger partial charge in [0.25, 0.3) is 5.91 Å². The first-order valence-electron chi connectivity index (χ1n) is 6.86. The molecule has 0 saturated heterocycles. The van der Waals surface area contributed by atoms with E-state index in [-0.39, 0.29) is 5.91 Å². The Kier molecular flexibility index (Phi) is 3.53. The molecule has 1 fully saturated rings. The summed E-state index contributed by atoms with van der Waals surface area (Å²) < 4.78 is 6.19. The summed E-state index contributed by atoms with van der Waals surface area (Å²) in [5, 5.41) is 4.01. The molecule has 2 aromatic rings. The van der Waals surface area contributed by atoms with Gasteiger partial charge in [0.2, 0.25) is 0 Å². The summed E-state index contributed by atoms with van der Waals surface area (Å²) in [6.45, 7) is 0. The Bertz CT molecular complexity index is 645. The average molecular weight is 290 g/mol. The van der Waals surface area contributed by atoms with Crippen molar-refractivity contribution in [2.75, 3.05) is 12.8 Å². The molecule has 3 rings (SSSR count). The number of methoxy groups -OCH3 is 1. The van der Waals surface area contributed by atoms with Crippen LogP contribution in [0.25, 0.3) is 10.1 Å². The van der Waals surface area contributed by atoms with Crippen molar-refractivity contribution >= 4 is 33.0 Å². The van der Waals surface area contributed by atoms with Crippen LogP contribution in [0, 0.1) is 0 Å². The predicted octanol–water partition coefficient (Wildman–Crippen LogP) is 3.16. The third-order valence-corrected chi connectivity index (χ3v) is 5.00. The topological polar surface area (TPSA) is 64.3 Å². The van der Waals surface area contributed by atoms with E-state index in [0.717, 1.165) is 28.7 Å². The maximum atomic E-state index is 12.3. The van der Waals surface area contributed by atoms with Crippen molar-refractivity contribution < 1.29 is 9.53 Å². The smallest absolute Gasteiger partial charge is 0.263 e. The largest absolute Gasteiger partial charge is 0.497 e. The zero-order valence-corrected chi connectivity index (χ0v) is 12.3. The van der Waals surface area contributed by atoms with Gasteiger partial charge in [-0.2, -0.15) is 0 Å². The van der Waals surface area contributed by atoms with E-state index < -0.39 is 0 Å². The van der Waals surface area contributed by atoms with Crippen molar-refractivity contribution in [2.24, 2.45) is 0 Å². The minimum absolute atomic E-state index is 0.0467. The van der Waals surface area contributed by atoms with E-state index in [1.54, 1.807) is 7.11 Å². The molecule has 1 aliphatic rings. The molecule has 1 aromatic heterocycles. The molecule has 1 aromatic carbocycles. The van der Waals surface area contributed by atoms with Crippen molar-refractivity contribution in [1.82, 2.24) is 5.32 Å². The number of carbonyl (C=O) groups excluding carboxylic acids is 1. The Morgan fingerprint density at radius 2 is 2.15 bits per heavy atom. The van der Waals surface area contributed by atoms with Gasteiger partial charge in [-0.15, -0.1) is 11.3 Å². The first-order valence-corrected chi connectivity index (χ1v) is 7.67. The van der Waals surface area contributed by atoms with Gasteiger partial charge in [0, 0.05) is 16.1 Å². The fourth-order valence-electron chi connectivity index (χ4n) is 2.71. The van der Waals surface area contributed by atoms with Crippen molar-refractivity contribution in [3.8, 4) is 5.75 Å². The van der Waals surface area contributed by atoms with E-state index in [1.807, 2.05) is 18.2 Å². The molecular weight excluding hydrogens is 272 g/mol. The van der Waals surface area contributed by atoms with Gasteiger partial charge in [0.15, 0.2) is 0 Å². The lowest BCUT2D eigenvalue weighted by atomic mass is 10.2. The van der Waals surface area contributed by atoms with E-state index in [9.17, 15) is 4.79 Å². The van der Waals surface area contributed by atoms with Crippen LogP contribution in [0.5, 0.6) is 5.75 Å². The molecule has 0 unspecified atom stereocenters. The molecule has 0 bridgehead atoms. The van der Waals surface area contributed by atoms with E-state index in [2.05, 4.69) is 5.32 Å². The number of ether oxygens (including phenoxy) is 1. The third-order valence-electron chi connectivity index (χ3n) is 3.83. The number of nitrogen functional groups attached to an aromatic ring is 1. The SMILES string of the molecule is COc1ccc2c(N)c(C(=O)NC3CCCC3)sc2c1. The van der Waals surface area contributed by atoms with Crippen molar-refractivity contribution in [1.29, 1.82) is 0 Å². The maximum absolute atomic E-state index is 12.3. The lowest BCUT2D eigenvalue weighted by molar-refractivity contribution is 0.0943. The summed E-state index contributed by atoms with van der Waals surface area (Å²) in [7, 11) is 1.63. The molecule has 1 saturated carbocycles. The first kappa shape index (κ1) is 13.2. The summed E-state index contributed by atoms with van der Waals surface area (Å²) in [6.07, 6.45) is 4.54. The summed E-state index contributed by atoms with van der Waals surface area (Å²) >= 11 is 1.43. The highest BCUT2D eigenvalue weighted by Gasteiger charge is 2.21. The van der Waals surface area contributed by atoms with Gasteiger partial charge >= 0.3 is 0 Å². The van der Waals surface area contributed by atoms with E-state index >= 15 is 0 Å². The Hall–Kier alpha value is -1.75. The predicted molar refractivity (Wildman–Crippen MR) is 82.5 cm³/mol. The fraction of sp³-hybridized carbons (Fsp3) is 0.400. The second kappa shape index (κ2) is 5.32. The third kappa shape index (κ3) is 2.33. The lowest BCUT2D eigenvalue weighted by Gasteiger charge is -2.10. The standard InChI is InChI=1S/C15H18N2O2S/c1-19-10-6-7-11-12(8-10)20-14(13(11)16)15(18)17-9-4-2-3-5-9/h6-9H,2-5,16H2,1H3,(H,17,18). The van der Waals surface area contributed by atoms with Crippen LogP contribution < -0.4 is 15.8 Å². The number of nitrogens with two attached hydrogens (primary N) is 1. The molecule has 20 heavy (non-hydrogen) atoms. The monoisotopic (exact) mass is 290 g/mol. The summed E-state index contributed by atoms with van der Waals surface area (Å²) in [6, 6.07) is 6.00. The van der Waals surface area contributed by atoms with Gasteiger partial charge in [-0.05, 0) is 31.0 Å². The lowest BCUT2D eigenvalue weighted by Crippen LogP contribution is -2.32. The fourth-order valence-corrected chi connectivity index (χ4v) is 3.77. The minimum Gasteiger partial charge on any atom is -0.497 e. The molecule has 3 N–H and O–H groups in total. The summed E-state index contributed by atoms with van der Waals surface area (Å²) in [5.74, 6) is 0.732. The molecule has 0 radical (unpaired) electrons. The highest BCUT2D eigenvalue weighted by Crippen LogP contribution is 2.36. The number of hydrogen-bond acceptors (Lipinski definition) is 4. The Morgan fingerprint density at radius 3 is 2.85 bits per heavy atom. The van der Waals surface area contributed by atoms with Gasteiger partial charge < -0.3 is 15.8 Å².